The van der Waals surface area contributed by atoms with Gasteiger partial charge in [0.25, 0.3) is 5.82 Å². The van der Waals surface area contributed by atoms with Crippen molar-refractivity contribution in [2.45, 2.75) is 32.5 Å². The molecule has 0 bridgehead atoms. The first-order chi connectivity index (χ1) is 12.7. The zero-order valence-electron chi connectivity index (χ0n) is 14.8. The number of fused-ring (bicyclic) bond motifs is 1. The van der Waals surface area contributed by atoms with Gasteiger partial charge in [0.15, 0.2) is 12.2 Å². The second kappa shape index (κ2) is 8.48. The predicted molar refractivity (Wildman–Crippen MR) is 94.6 cm³/mol. The SMILES string of the molecule is O=C(C[n+]1cc(-c2ccc(F)cc2)n2c1CCC2)OCc1ccccc1.[Br-]. The molecular formula is C21H20BrFN2O2. The number of carbonyl (C=O) groups is 1. The number of halogens is 2. The van der Waals surface area contributed by atoms with E-state index in [1.54, 1.807) is 12.1 Å². The van der Waals surface area contributed by atoms with Gasteiger partial charge in [-0.15, -0.1) is 0 Å². The van der Waals surface area contributed by atoms with E-state index in [2.05, 4.69) is 4.57 Å². The van der Waals surface area contributed by atoms with E-state index >= 15 is 0 Å². The zero-order chi connectivity index (χ0) is 17.9. The molecule has 4 rings (SSSR count). The maximum atomic E-state index is 13.2. The molecule has 0 radical (unpaired) electrons. The molecule has 3 aromatic rings. The number of rotatable bonds is 5. The number of imidazole rings is 1. The summed E-state index contributed by atoms with van der Waals surface area (Å²) in [5.74, 6) is 0.602. The second-order valence-corrected chi connectivity index (χ2v) is 6.47. The average molecular weight is 431 g/mol. The molecule has 0 N–H and O–H groups in total. The van der Waals surface area contributed by atoms with Crippen LogP contribution in [-0.2, 0) is 35.6 Å². The number of nitrogens with zero attached hydrogens (tertiary/aromatic N) is 2. The molecule has 1 aromatic heterocycles. The van der Waals surface area contributed by atoms with Gasteiger partial charge in [0.2, 0.25) is 0 Å². The number of aromatic nitrogens is 2. The third-order valence-electron chi connectivity index (χ3n) is 4.68. The summed E-state index contributed by atoms with van der Waals surface area (Å²) in [6.45, 7) is 1.37. The highest BCUT2D eigenvalue weighted by molar-refractivity contribution is 5.68. The number of esters is 1. The topological polar surface area (TPSA) is 35.1 Å². The first-order valence-corrected chi connectivity index (χ1v) is 8.78. The molecule has 2 heterocycles. The molecule has 27 heavy (non-hydrogen) atoms. The van der Waals surface area contributed by atoms with E-state index in [0.29, 0.717) is 0 Å². The van der Waals surface area contributed by atoms with Gasteiger partial charge in [0.05, 0.1) is 13.0 Å². The van der Waals surface area contributed by atoms with E-state index in [1.807, 2.05) is 41.1 Å². The van der Waals surface area contributed by atoms with Crippen molar-refractivity contribution in [3.05, 3.63) is 78.0 Å². The molecule has 4 nitrogen and oxygen atoms in total. The Kier molecular flexibility index (Phi) is 6.06. The molecular weight excluding hydrogens is 411 g/mol. The van der Waals surface area contributed by atoms with Crippen LogP contribution < -0.4 is 21.5 Å². The number of hydrogen-bond donors (Lipinski definition) is 0. The van der Waals surface area contributed by atoms with Gasteiger partial charge in [-0.1, -0.05) is 30.3 Å². The lowest BCUT2D eigenvalue weighted by atomic mass is 10.1. The fourth-order valence-electron chi connectivity index (χ4n) is 3.42. The van der Waals surface area contributed by atoms with Gasteiger partial charge in [0.1, 0.15) is 18.6 Å². The lowest BCUT2D eigenvalue weighted by Crippen LogP contribution is -3.00. The van der Waals surface area contributed by atoms with Crippen molar-refractivity contribution in [1.82, 2.24) is 4.57 Å². The van der Waals surface area contributed by atoms with Crippen LogP contribution in [0.5, 0.6) is 0 Å². The molecule has 2 aromatic carbocycles. The molecule has 1 aliphatic rings. The minimum absolute atomic E-state index is 0. The zero-order valence-corrected chi connectivity index (χ0v) is 16.4. The Labute approximate surface area is 168 Å². The molecule has 0 atom stereocenters. The summed E-state index contributed by atoms with van der Waals surface area (Å²) in [5, 5.41) is 0. The fraction of sp³-hybridized carbons (Fsp3) is 0.238. The number of carbonyl (C=O) groups excluding carboxylic acids is 1. The Bertz CT molecular complexity index is 923. The highest BCUT2D eigenvalue weighted by atomic mass is 79.9. The summed E-state index contributed by atoms with van der Waals surface area (Å²) in [6.07, 6.45) is 3.93. The van der Waals surface area contributed by atoms with Gasteiger partial charge in [-0.25, -0.2) is 18.3 Å². The minimum atomic E-state index is -0.259. The molecule has 0 spiro atoms. The molecule has 0 amide bonds. The second-order valence-electron chi connectivity index (χ2n) is 6.47. The Balaban J connectivity index is 0.00000210. The standard InChI is InChI=1S/C21H20FN2O2.BrH/c22-18-10-8-17(9-11-18)19-13-23(20-7-4-12-24(19)20)14-21(25)26-15-16-5-2-1-3-6-16;/h1-3,5-6,8-11,13H,4,7,12,14-15H2;1H/q+1;/p-1. The van der Waals surface area contributed by atoms with Gasteiger partial charge in [-0.05, 0) is 36.2 Å². The first kappa shape index (κ1) is 19.3. The largest absolute Gasteiger partial charge is 1.00 e. The summed E-state index contributed by atoms with van der Waals surface area (Å²) in [7, 11) is 0. The third-order valence-corrected chi connectivity index (χ3v) is 4.68. The van der Waals surface area contributed by atoms with Crippen LogP contribution in [0.3, 0.4) is 0 Å². The van der Waals surface area contributed by atoms with Crippen molar-refractivity contribution >= 4 is 5.97 Å². The van der Waals surface area contributed by atoms with Crippen LogP contribution in [0.1, 0.15) is 17.8 Å². The molecule has 0 saturated heterocycles. The van der Waals surface area contributed by atoms with Crippen LogP contribution in [0, 0.1) is 5.82 Å². The van der Waals surface area contributed by atoms with Crippen LogP contribution in [-0.4, -0.2) is 10.5 Å². The summed E-state index contributed by atoms with van der Waals surface area (Å²) in [6, 6.07) is 16.1. The Morgan fingerprint density at radius 3 is 2.59 bits per heavy atom. The van der Waals surface area contributed by atoms with Crippen molar-refractivity contribution in [3.8, 4) is 11.3 Å². The smallest absolute Gasteiger partial charge is 0.348 e. The van der Waals surface area contributed by atoms with Gasteiger partial charge in [0, 0.05) is 5.56 Å². The van der Waals surface area contributed by atoms with Crippen LogP contribution in [0.15, 0.2) is 60.8 Å². The number of hydrogen-bond acceptors (Lipinski definition) is 2. The molecule has 0 fully saturated rings. The van der Waals surface area contributed by atoms with E-state index in [9.17, 15) is 9.18 Å². The number of ether oxygens (including phenoxy) is 1. The fourth-order valence-corrected chi connectivity index (χ4v) is 3.42. The monoisotopic (exact) mass is 430 g/mol. The average Bonchev–Trinajstić information content (AvgIpc) is 3.26. The predicted octanol–water partition coefficient (Wildman–Crippen LogP) is 0.275. The number of benzene rings is 2. The highest BCUT2D eigenvalue weighted by Crippen LogP contribution is 2.24. The van der Waals surface area contributed by atoms with Gasteiger partial charge >= 0.3 is 5.97 Å². The molecule has 0 unspecified atom stereocenters. The molecule has 140 valence electrons. The summed E-state index contributed by atoms with van der Waals surface area (Å²) < 4.78 is 22.8. The normalized spacial score (nSPS) is 12.3. The van der Waals surface area contributed by atoms with Crippen molar-refractivity contribution < 1.29 is 35.5 Å². The Morgan fingerprint density at radius 1 is 1.11 bits per heavy atom. The summed E-state index contributed by atoms with van der Waals surface area (Å²) >= 11 is 0. The quantitative estimate of drug-likeness (QED) is 0.430. The molecule has 1 aliphatic heterocycles. The molecule has 0 aliphatic carbocycles. The Morgan fingerprint density at radius 2 is 1.85 bits per heavy atom. The van der Waals surface area contributed by atoms with Crippen LogP contribution in [0.2, 0.25) is 0 Å². The van der Waals surface area contributed by atoms with Crippen LogP contribution >= 0.6 is 0 Å². The van der Waals surface area contributed by atoms with Gasteiger partial charge < -0.3 is 21.7 Å². The van der Waals surface area contributed by atoms with Gasteiger partial charge in [-0.3, -0.25) is 0 Å². The lowest BCUT2D eigenvalue weighted by Gasteiger charge is -2.04. The summed E-state index contributed by atoms with van der Waals surface area (Å²) in [4.78, 5) is 12.3. The minimum Gasteiger partial charge on any atom is -1.00 e. The summed E-state index contributed by atoms with van der Waals surface area (Å²) in [5.41, 5.74) is 2.93. The molecule has 0 saturated carbocycles. The van der Waals surface area contributed by atoms with Gasteiger partial charge in [-0.2, -0.15) is 0 Å². The van der Waals surface area contributed by atoms with E-state index in [4.69, 9.17) is 4.74 Å². The van der Waals surface area contributed by atoms with E-state index in [1.165, 1.54) is 12.1 Å². The van der Waals surface area contributed by atoms with E-state index in [0.717, 1.165) is 42.0 Å². The van der Waals surface area contributed by atoms with Crippen LogP contribution in [0.25, 0.3) is 11.3 Å². The maximum Gasteiger partial charge on any atom is 0.348 e. The van der Waals surface area contributed by atoms with Crippen LogP contribution in [0.4, 0.5) is 4.39 Å². The van der Waals surface area contributed by atoms with Crippen molar-refractivity contribution in [3.63, 3.8) is 0 Å². The Hall–Kier alpha value is -2.47. The lowest BCUT2D eigenvalue weighted by molar-refractivity contribution is -0.692. The van der Waals surface area contributed by atoms with Crippen molar-refractivity contribution in [2.24, 2.45) is 0 Å². The van der Waals surface area contributed by atoms with Crippen molar-refractivity contribution in [1.29, 1.82) is 0 Å². The maximum absolute atomic E-state index is 13.2. The first-order valence-electron chi connectivity index (χ1n) is 8.78. The van der Waals surface area contributed by atoms with Crippen molar-refractivity contribution in [2.75, 3.05) is 0 Å². The molecule has 6 heteroatoms. The van der Waals surface area contributed by atoms with E-state index in [-0.39, 0.29) is 41.9 Å². The third kappa shape index (κ3) is 4.27. The van der Waals surface area contributed by atoms with E-state index < -0.39 is 0 Å². The highest BCUT2D eigenvalue weighted by Gasteiger charge is 2.29.